The van der Waals surface area contributed by atoms with Gasteiger partial charge in [-0.2, -0.15) is 19.8 Å². The van der Waals surface area contributed by atoms with Crippen LogP contribution < -0.4 is 132 Å². The summed E-state index contributed by atoms with van der Waals surface area (Å²) in [5, 5.41) is 18.6. The van der Waals surface area contributed by atoms with Gasteiger partial charge < -0.3 is 25.7 Å². The fraction of sp³-hybridized carbons (Fsp3) is 0.842. The topological polar surface area (TPSA) is 80.3 Å². The van der Waals surface area contributed by atoms with Gasteiger partial charge in [0.25, 0.3) is 0 Å². The molecule has 0 aromatic rings. The smallest absolute Gasteiger partial charge is 0.550 e. The molecule has 0 saturated carbocycles. The fourth-order valence-corrected chi connectivity index (χ4v) is 2.28. The van der Waals surface area contributed by atoms with E-state index in [9.17, 15) is 19.8 Å². The molecule has 0 saturated heterocycles. The zero-order chi connectivity index (χ0) is 17.9. The van der Waals surface area contributed by atoms with Crippen molar-refractivity contribution >= 4 is 11.9 Å². The summed E-state index contributed by atoms with van der Waals surface area (Å²) in [7, 11) is 0. The number of hydrogen-bond acceptors (Lipinski definition) is 4. The second-order valence-electron chi connectivity index (χ2n) is 6.21. The summed E-state index contributed by atoms with van der Waals surface area (Å²) in [5.74, 6) is -1.52. The van der Waals surface area contributed by atoms with Crippen LogP contribution >= 0.6 is 0 Å². The van der Waals surface area contributed by atoms with Crippen LogP contribution in [0.1, 0.15) is 104 Å². The Morgan fingerprint density at radius 3 is 1.38 bits per heavy atom. The predicted molar refractivity (Wildman–Crippen MR) is 90.3 cm³/mol. The molecule has 0 spiro atoms. The van der Waals surface area contributed by atoms with Crippen molar-refractivity contribution in [2.24, 2.45) is 0 Å². The van der Waals surface area contributed by atoms with E-state index in [1.165, 1.54) is 77.0 Å². The van der Waals surface area contributed by atoms with E-state index in [0.717, 1.165) is 0 Å². The van der Waals surface area contributed by atoms with Gasteiger partial charge >= 0.3 is 122 Å². The van der Waals surface area contributed by atoms with E-state index in [1.807, 2.05) is 0 Å². The Labute approximate surface area is 258 Å². The average molecular weight is 413 g/mol. The third-order valence-corrected chi connectivity index (χ3v) is 3.70. The van der Waals surface area contributed by atoms with Crippen LogP contribution in [0, 0.1) is 5.92 Å². The van der Waals surface area contributed by atoms with Gasteiger partial charge in [0.15, 0.2) is 0 Å². The zero-order valence-electron chi connectivity index (χ0n) is 18.3. The molecule has 0 N–H and O–H groups in total. The first-order valence-corrected chi connectivity index (χ1v) is 9.14. The van der Waals surface area contributed by atoms with Gasteiger partial charge in [-0.15, -0.1) is 0 Å². The van der Waals surface area contributed by atoms with E-state index < -0.39 is 18.4 Å². The summed E-state index contributed by atoms with van der Waals surface area (Å²) in [6, 6.07) is 0. The van der Waals surface area contributed by atoms with E-state index in [2.05, 4.69) is 20.8 Å². The van der Waals surface area contributed by atoms with Crippen molar-refractivity contribution in [1.82, 2.24) is 0 Å². The fourth-order valence-electron chi connectivity index (χ4n) is 2.28. The first kappa shape index (κ1) is 39.3. The van der Waals surface area contributed by atoms with Gasteiger partial charge in [-0.05, 0) is 0 Å². The van der Waals surface area contributed by atoms with E-state index in [0.29, 0.717) is 0 Å². The number of carbonyl (C=O) groups excluding carboxylic acids is 2. The van der Waals surface area contributed by atoms with Crippen LogP contribution in [-0.4, -0.2) is 11.9 Å². The van der Waals surface area contributed by atoms with Crippen LogP contribution in [0.15, 0.2) is 0 Å². The molecular weight excluding hydrogens is 377 g/mol. The van der Waals surface area contributed by atoms with Gasteiger partial charge in [0.05, 0.1) is 0 Å². The molecule has 0 radical (unpaired) electrons. The molecule has 0 bridgehead atoms. The maximum Gasteiger partial charge on any atom is 1.00 e. The SMILES string of the molecule is CCCCCCCCCC[C-](C)CCCC.O=C([O-])CC(=O)[O-].[K+].[K+].[Li+]. The Balaban J connectivity index is -0.000000127. The molecule has 0 aromatic carbocycles. The van der Waals surface area contributed by atoms with Gasteiger partial charge in [-0.1, -0.05) is 78.1 Å². The first-order chi connectivity index (χ1) is 10.9. The molecule has 0 unspecified atom stereocenters. The van der Waals surface area contributed by atoms with Gasteiger partial charge in [0.1, 0.15) is 0 Å². The van der Waals surface area contributed by atoms with Gasteiger partial charge in [-0.25, -0.2) is 0 Å². The van der Waals surface area contributed by atoms with Crippen LogP contribution in [0.25, 0.3) is 0 Å². The molecule has 0 aliphatic rings. The number of unbranched alkanes of at least 4 members (excludes halogenated alkanes) is 8. The van der Waals surface area contributed by atoms with E-state index in [1.54, 1.807) is 5.92 Å². The molecule has 0 rings (SSSR count). The molecule has 0 amide bonds. The quantitative estimate of drug-likeness (QED) is 0.123. The normalized spacial score (nSPS) is 9.08. The number of hydrogen-bond donors (Lipinski definition) is 0. The maximum atomic E-state index is 9.28. The van der Waals surface area contributed by atoms with Gasteiger partial charge in [0, 0.05) is 18.4 Å². The largest absolute Gasteiger partial charge is 1.00 e. The van der Waals surface area contributed by atoms with Gasteiger partial charge in [-0.3, -0.25) is 0 Å². The summed E-state index contributed by atoms with van der Waals surface area (Å²) >= 11 is 0. The van der Waals surface area contributed by atoms with E-state index in [4.69, 9.17) is 0 Å². The van der Waals surface area contributed by atoms with Crippen LogP contribution in [0.2, 0.25) is 0 Å². The average Bonchev–Trinajstić information content (AvgIpc) is 2.47. The van der Waals surface area contributed by atoms with Crippen LogP contribution in [-0.2, 0) is 9.59 Å². The Bertz CT molecular complexity index is 281. The Kier molecular flexibility index (Phi) is 49.1. The van der Waals surface area contributed by atoms with Crippen molar-refractivity contribution in [1.29, 1.82) is 0 Å². The second kappa shape index (κ2) is 32.5. The minimum atomic E-state index is -1.63. The number of aliphatic carboxylic acids is 2. The number of rotatable bonds is 14. The van der Waals surface area contributed by atoms with Crippen molar-refractivity contribution in [2.75, 3.05) is 0 Å². The molecular formula is C19H35K2LiO4. The minimum Gasteiger partial charge on any atom is -0.550 e. The summed E-state index contributed by atoms with van der Waals surface area (Å²) in [4.78, 5) is 18.6. The maximum absolute atomic E-state index is 9.28. The van der Waals surface area contributed by atoms with Crippen LogP contribution in [0.5, 0.6) is 0 Å². The minimum absolute atomic E-state index is 0. The van der Waals surface area contributed by atoms with Gasteiger partial charge in [0.2, 0.25) is 0 Å². The molecule has 0 aromatic heterocycles. The number of carbonyl (C=O) groups is 2. The molecule has 0 aliphatic carbocycles. The molecule has 0 fully saturated rings. The summed E-state index contributed by atoms with van der Waals surface area (Å²) in [5.41, 5.74) is 0. The predicted octanol–water partition coefficient (Wildman–Crippen LogP) is -5.81. The van der Waals surface area contributed by atoms with Crippen LogP contribution in [0.3, 0.4) is 0 Å². The first-order valence-electron chi connectivity index (χ1n) is 9.14. The number of carboxylic acids is 2. The number of carboxylic acid groups (broad SMARTS) is 2. The van der Waals surface area contributed by atoms with Crippen molar-refractivity contribution in [3.63, 3.8) is 0 Å². The standard InChI is InChI=1S/C16H33.C3H4O4.2K.Li/c1-4-6-8-9-10-11-12-13-15-16(3)14-7-5-2;4-2(5)1-3(6)7;;;/h4-15H2,1-3H3;1H2,(H,4,5)(H,6,7);;;/q-1;;3*+1/p-2. The Hall–Kier alpha value is 2.81. The van der Waals surface area contributed by atoms with Crippen molar-refractivity contribution in [3.8, 4) is 0 Å². The molecule has 138 valence electrons. The molecule has 0 aliphatic heterocycles. The Morgan fingerprint density at radius 1 is 0.692 bits per heavy atom. The summed E-state index contributed by atoms with van der Waals surface area (Å²) in [6.07, 6.45) is 16.0. The molecule has 7 heteroatoms. The monoisotopic (exact) mass is 412 g/mol. The van der Waals surface area contributed by atoms with E-state index >= 15 is 0 Å². The summed E-state index contributed by atoms with van der Waals surface area (Å²) in [6.45, 7) is 6.91. The molecule has 0 heterocycles. The third kappa shape index (κ3) is 41.2. The summed E-state index contributed by atoms with van der Waals surface area (Å²) < 4.78 is 0. The second-order valence-corrected chi connectivity index (χ2v) is 6.21. The molecule has 0 atom stereocenters. The zero-order valence-corrected chi connectivity index (χ0v) is 24.6. The Morgan fingerprint density at radius 2 is 1.04 bits per heavy atom. The molecule has 4 nitrogen and oxygen atoms in total. The van der Waals surface area contributed by atoms with Crippen molar-refractivity contribution < 1.29 is 141 Å². The van der Waals surface area contributed by atoms with Crippen molar-refractivity contribution in [3.05, 3.63) is 5.92 Å². The third-order valence-electron chi connectivity index (χ3n) is 3.70. The van der Waals surface area contributed by atoms with E-state index in [-0.39, 0.29) is 122 Å². The van der Waals surface area contributed by atoms with Crippen LogP contribution in [0.4, 0.5) is 0 Å². The van der Waals surface area contributed by atoms with Crippen molar-refractivity contribution in [2.45, 2.75) is 104 Å². The molecule has 26 heavy (non-hydrogen) atoms.